The first-order valence-corrected chi connectivity index (χ1v) is 16.9. The zero-order chi connectivity index (χ0) is 37.6. The fourth-order valence-corrected chi connectivity index (χ4v) is 6.03. The van der Waals surface area contributed by atoms with Gasteiger partial charge in [0.25, 0.3) is 0 Å². The minimum absolute atomic E-state index is 0.0281. The van der Waals surface area contributed by atoms with E-state index in [0.717, 1.165) is 66.4 Å². The fraction of sp³-hybridized carbons (Fsp3) is 0.371. The number of carbonyl (C=O) groups excluding carboxylic acids is 2. The monoisotopic (exact) mass is 742 g/mol. The number of nitrogens with zero attached hydrogens (tertiary/aromatic N) is 5. The molecule has 0 radical (unpaired) electrons. The van der Waals surface area contributed by atoms with Gasteiger partial charge in [0.2, 0.25) is 11.9 Å². The third-order valence-electron chi connectivity index (χ3n) is 8.71. The second kappa shape index (κ2) is 15.9. The van der Waals surface area contributed by atoms with E-state index in [1.807, 2.05) is 49.5 Å². The maximum atomic E-state index is 12.2. The summed E-state index contributed by atoms with van der Waals surface area (Å²) in [6.07, 6.45) is 2.82. The lowest BCUT2D eigenvalue weighted by Crippen LogP contribution is -2.37. The molecule has 4 heterocycles. The molecule has 6 rings (SSSR count). The van der Waals surface area contributed by atoms with Gasteiger partial charge < -0.3 is 30.7 Å². The third-order valence-corrected chi connectivity index (χ3v) is 8.98. The van der Waals surface area contributed by atoms with Crippen molar-refractivity contribution in [2.45, 2.75) is 58.0 Å². The van der Waals surface area contributed by atoms with Crippen LogP contribution in [0.3, 0.4) is 0 Å². The van der Waals surface area contributed by atoms with Crippen molar-refractivity contribution in [2.24, 2.45) is 5.92 Å². The maximum Gasteiger partial charge on any atom is 0.490 e. The van der Waals surface area contributed by atoms with E-state index >= 15 is 0 Å². The largest absolute Gasteiger partial charge is 0.490 e. The lowest BCUT2D eigenvalue weighted by atomic mass is 9.80. The molecule has 0 aliphatic carbocycles. The van der Waals surface area contributed by atoms with Crippen LogP contribution in [0, 0.1) is 5.92 Å². The lowest BCUT2D eigenvalue weighted by Gasteiger charge is -2.33. The summed E-state index contributed by atoms with van der Waals surface area (Å²) in [5.74, 6) is -2.09. The van der Waals surface area contributed by atoms with E-state index in [4.69, 9.17) is 31.2 Å². The molecule has 2 aliphatic heterocycles. The molecule has 2 aliphatic rings. The first-order chi connectivity index (χ1) is 24.6. The highest BCUT2D eigenvalue weighted by Crippen LogP contribution is 2.39. The van der Waals surface area contributed by atoms with Crippen LogP contribution in [0.5, 0.6) is 0 Å². The molecule has 2 aromatic carbocycles. The van der Waals surface area contributed by atoms with Gasteiger partial charge in [-0.15, -0.1) is 0 Å². The van der Waals surface area contributed by atoms with E-state index in [0.29, 0.717) is 29.8 Å². The molecule has 2 aromatic heterocycles. The quantitative estimate of drug-likeness (QED) is 0.135. The Hall–Kier alpha value is -5.38. The Morgan fingerprint density at radius 1 is 1.13 bits per heavy atom. The second-order valence-corrected chi connectivity index (χ2v) is 13.2. The summed E-state index contributed by atoms with van der Waals surface area (Å²) >= 11 is 6.58. The van der Waals surface area contributed by atoms with E-state index in [2.05, 4.69) is 50.8 Å². The number of aromatic nitrogens is 4. The molecule has 4 aromatic rings. The van der Waals surface area contributed by atoms with Crippen molar-refractivity contribution in [1.82, 2.24) is 19.7 Å². The molecule has 1 fully saturated rings. The molecule has 13 nitrogen and oxygen atoms in total. The number of nitrogens with one attached hydrogen (secondary N) is 3. The number of esters is 1. The number of hydrogen-bond donors (Lipinski definition) is 4. The number of fused-ring (bicyclic) bond motifs is 1. The average Bonchev–Trinajstić information content (AvgIpc) is 3.61. The summed E-state index contributed by atoms with van der Waals surface area (Å²) in [4.78, 5) is 44.7. The van der Waals surface area contributed by atoms with E-state index in [-0.39, 0.29) is 23.2 Å². The van der Waals surface area contributed by atoms with Crippen molar-refractivity contribution in [2.75, 3.05) is 40.5 Å². The van der Waals surface area contributed by atoms with Gasteiger partial charge in [-0.3, -0.25) is 9.59 Å². The lowest BCUT2D eigenvalue weighted by molar-refractivity contribution is -0.192. The molecule has 52 heavy (non-hydrogen) atoms. The number of ether oxygens (including phenoxy) is 1. The third kappa shape index (κ3) is 9.29. The van der Waals surface area contributed by atoms with Gasteiger partial charge >= 0.3 is 18.1 Å². The standard InChI is InChI=1S/C33H37ClN8O3.C2HF3O2/c1-4-45-31(44)21-11-16-41(17-12-21)23-7-9-27(28(19-23)42-15-5-14-36-42)39-30-25(34)20-35-32(40-30)37-22-6-8-26-24(18-22)33(2,3)13-10-29(43)38-26;3-2(4,5)1(6)7/h5-9,14-15,18-21H,4,10-13,16-17H2,1-3H3,(H,38,43)(H2,35,37,39,40);(H,6,7). The van der Waals surface area contributed by atoms with Gasteiger partial charge in [-0.2, -0.15) is 23.3 Å². The van der Waals surface area contributed by atoms with Crippen molar-refractivity contribution in [3.05, 3.63) is 71.6 Å². The minimum atomic E-state index is -5.08. The van der Waals surface area contributed by atoms with E-state index < -0.39 is 12.1 Å². The van der Waals surface area contributed by atoms with Gasteiger partial charge in [-0.1, -0.05) is 25.4 Å². The van der Waals surface area contributed by atoms with Crippen LogP contribution in [0.2, 0.25) is 5.02 Å². The van der Waals surface area contributed by atoms with Crippen LogP contribution >= 0.6 is 11.6 Å². The van der Waals surface area contributed by atoms with Crippen LogP contribution in [0.15, 0.2) is 61.1 Å². The summed E-state index contributed by atoms with van der Waals surface area (Å²) in [6, 6.07) is 13.8. The minimum Gasteiger partial charge on any atom is -0.475 e. The van der Waals surface area contributed by atoms with Gasteiger partial charge in [0, 0.05) is 49.0 Å². The summed E-state index contributed by atoms with van der Waals surface area (Å²) in [6.45, 7) is 8.05. The maximum absolute atomic E-state index is 12.2. The van der Waals surface area contributed by atoms with Crippen LogP contribution in [-0.4, -0.2) is 68.6 Å². The molecule has 0 atom stereocenters. The van der Waals surface area contributed by atoms with Crippen LogP contribution < -0.4 is 20.9 Å². The Kier molecular flexibility index (Phi) is 11.6. The first-order valence-electron chi connectivity index (χ1n) is 16.5. The Balaban J connectivity index is 0.000000679. The number of carbonyl (C=O) groups is 3. The van der Waals surface area contributed by atoms with Crippen LogP contribution in [0.1, 0.15) is 52.0 Å². The number of piperidine rings is 1. The summed E-state index contributed by atoms with van der Waals surface area (Å²) in [5, 5.41) is 21.7. The number of benzene rings is 2. The highest BCUT2D eigenvalue weighted by Gasteiger charge is 2.38. The van der Waals surface area contributed by atoms with Gasteiger partial charge in [0.1, 0.15) is 5.02 Å². The normalized spacial score (nSPS) is 15.7. The number of alkyl halides is 3. The van der Waals surface area contributed by atoms with Crippen molar-refractivity contribution in [3.63, 3.8) is 0 Å². The number of carboxylic acid groups (broad SMARTS) is 1. The molecule has 1 amide bonds. The Bertz CT molecular complexity index is 1910. The van der Waals surface area contributed by atoms with E-state index in [9.17, 15) is 22.8 Å². The van der Waals surface area contributed by atoms with Crippen LogP contribution in [0.25, 0.3) is 5.69 Å². The molecule has 1 saturated heterocycles. The number of anilines is 6. The first kappa shape index (κ1) is 37.9. The van der Waals surface area contributed by atoms with Gasteiger partial charge in [0.05, 0.1) is 30.1 Å². The number of hydrogen-bond acceptors (Lipinski definition) is 10. The zero-order valence-electron chi connectivity index (χ0n) is 28.6. The van der Waals surface area contributed by atoms with E-state index in [1.54, 1.807) is 17.1 Å². The Morgan fingerprint density at radius 3 is 2.52 bits per heavy atom. The van der Waals surface area contributed by atoms with Crippen molar-refractivity contribution in [1.29, 1.82) is 0 Å². The van der Waals surface area contributed by atoms with Crippen molar-refractivity contribution in [3.8, 4) is 5.69 Å². The van der Waals surface area contributed by atoms with Gasteiger partial charge in [-0.25, -0.2) is 14.5 Å². The fourth-order valence-electron chi connectivity index (χ4n) is 5.89. The van der Waals surface area contributed by atoms with Crippen LogP contribution in [0.4, 0.5) is 47.7 Å². The molecule has 276 valence electrons. The van der Waals surface area contributed by atoms with Crippen LogP contribution in [-0.2, 0) is 24.5 Å². The number of rotatable bonds is 8. The predicted molar refractivity (Wildman–Crippen MR) is 190 cm³/mol. The topological polar surface area (TPSA) is 164 Å². The van der Waals surface area contributed by atoms with Crippen molar-refractivity contribution >= 4 is 64.0 Å². The molecule has 17 heteroatoms. The zero-order valence-corrected chi connectivity index (χ0v) is 29.4. The molecular weight excluding hydrogens is 705 g/mol. The number of halogens is 4. The summed E-state index contributed by atoms with van der Waals surface area (Å²) in [7, 11) is 0. The number of aliphatic carboxylic acids is 1. The summed E-state index contributed by atoms with van der Waals surface area (Å²) in [5.41, 5.74) is 5.13. The van der Waals surface area contributed by atoms with E-state index in [1.165, 1.54) is 0 Å². The van der Waals surface area contributed by atoms with Gasteiger partial charge in [0.15, 0.2) is 5.82 Å². The second-order valence-electron chi connectivity index (χ2n) is 12.8. The highest BCUT2D eigenvalue weighted by atomic mass is 35.5. The smallest absolute Gasteiger partial charge is 0.475 e. The molecule has 4 N–H and O–H groups in total. The van der Waals surface area contributed by atoms with Gasteiger partial charge in [-0.05, 0) is 79.6 Å². The number of amides is 1. The number of carboxylic acids is 1. The Morgan fingerprint density at radius 2 is 1.87 bits per heavy atom. The highest BCUT2D eigenvalue weighted by molar-refractivity contribution is 6.33. The average molecular weight is 743 g/mol. The predicted octanol–water partition coefficient (Wildman–Crippen LogP) is 7.23. The summed E-state index contributed by atoms with van der Waals surface area (Å²) < 4.78 is 38.8. The molecule has 0 saturated carbocycles. The molecule has 0 bridgehead atoms. The van der Waals surface area contributed by atoms with Crippen molar-refractivity contribution < 1.29 is 37.4 Å². The Labute approximate surface area is 302 Å². The molecule has 0 unspecified atom stereocenters. The SMILES string of the molecule is CCOC(=O)C1CCN(c2ccc(Nc3nc(Nc4ccc5c(c4)C(C)(C)CCC(=O)N5)ncc3Cl)c(-n3cccn3)c2)CC1.O=C(O)C(F)(F)F. The molecule has 0 spiro atoms. The molecular formula is C35H38ClF3N8O5.